The quantitative estimate of drug-likeness (QED) is 0.763. The van der Waals surface area contributed by atoms with Crippen LogP contribution >= 0.6 is 12.4 Å². The van der Waals surface area contributed by atoms with Crippen molar-refractivity contribution in [2.75, 3.05) is 6.61 Å². The first kappa shape index (κ1) is 15.7. The summed E-state index contributed by atoms with van der Waals surface area (Å²) in [6, 6.07) is -0.410. The van der Waals surface area contributed by atoms with Crippen molar-refractivity contribution in [2.45, 2.75) is 57.9 Å². The molecule has 0 radical (unpaired) electrons. The van der Waals surface area contributed by atoms with Gasteiger partial charge in [-0.15, -0.1) is 12.4 Å². The number of nitrogens with two attached hydrogens (primary N) is 1. The van der Waals surface area contributed by atoms with E-state index in [4.69, 9.17) is 10.5 Å². The number of carbonyl (C=O) groups excluding carboxylic acids is 1. The zero-order valence-corrected chi connectivity index (χ0v) is 10.9. The fraction of sp³-hybridized carbons (Fsp3) is 0.917. The summed E-state index contributed by atoms with van der Waals surface area (Å²) >= 11 is 0. The fourth-order valence-electron chi connectivity index (χ4n) is 2.26. The monoisotopic (exact) mass is 249 g/mol. The Hall–Kier alpha value is -0.280. The highest BCUT2D eigenvalue weighted by molar-refractivity contribution is 5.85. The van der Waals surface area contributed by atoms with E-state index in [-0.39, 0.29) is 18.4 Å². The van der Waals surface area contributed by atoms with Gasteiger partial charge < -0.3 is 10.5 Å². The molecule has 3 nitrogen and oxygen atoms in total. The lowest BCUT2D eigenvalue weighted by Gasteiger charge is -2.22. The average molecular weight is 250 g/mol. The van der Waals surface area contributed by atoms with Crippen LogP contribution in [0.1, 0.15) is 51.9 Å². The molecule has 1 fully saturated rings. The summed E-state index contributed by atoms with van der Waals surface area (Å²) in [6.45, 7) is 2.24. The molecule has 0 aromatic heterocycles. The van der Waals surface area contributed by atoms with Gasteiger partial charge in [0.25, 0.3) is 0 Å². The van der Waals surface area contributed by atoms with Crippen molar-refractivity contribution in [1.82, 2.24) is 0 Å². The molecule has 0 amide bonds. The molecule has 2 N–H and O–H groups in total. The van der Waals surface area contributed by atoms with E-state index >= 15 is 0 Å². The Kier molecular flexibility index (Phi) is 8.67. The zero-order chi connectivity index (χ0) is 11.1. The highest BCUT2D eigenvalue weighted by Gasteiger charge is 2.18. The Morgan fingerprint density at radius 3 is 2.56 bits per heavy atom. The fourth-order valence-corrected chi connectivity index (χ4v) is 2.26. The minimum Gasteiger partial charge on any atom is -0.465 e. The lowest BCUT2D eigenvalue weighted by atomic mass is 9.85. The van der Waals surface area contributed by atoms with Gasteiger partial charge in [-0.1, -0.05) is 32.1 Å². The maximum Gasteiger partial charge on any atom is 0.322 e. The number of hydrogen-bond acceptors (Lipinski definition) is 3. The Labute approximate surface area is 105 Å². The van der Waals surface area contributed by atoms with Crippen LogP contribution in [0.4, 0.5) is 0 Å². The SMILES string of the molecule is CCOC(=O)C(N)CCC1CCCCC1.Cl. The molecule has 96 valence electrons. The Morgan fingerprint density at radius 2 is 2.00 bits per heavy atom. The van der Waals surface area contributed by atoms with Gasteiger partial charge in [-0.05, 0) is 25.7 Å². The zero-order valence-electron chi connectivity index (χ0n) is 10.1. The minimum atomic E-state index is -0.410. The van der Waals surface area contributed by atoms with Crippen LogP contribution in [0.25, 0.3) is 0 Å². The maximum absolute atomic E-state index is 11.3. The number of rotatable bonds is 5. The summed E-state index contributed by atoms with van der Waals surface area (Å²) in [4.78, 5) is 11.3. The molecule has 0 bridgehead atoms. The van der Waals surface area contributed by atoms with Crippen LogP contribution in [0.15, 0.2) is 0 Å². The van der Waals surface area contributed by atoms with Gasteiger partial charge >= 0.3 is 5.97 Å². The molecule has 1 aliphatic rings. The molecule has 4 heteroatoms. The van der Waals surface area contributed by atoms with Crippen molar-refractivity contribution in [1.29, 1.82) is 0 Å². The van der Waals surface area contributed by atoms with E-state index in [2.05, 4.69) is 0 Å². The van der Waals surface area contributed by atoms with Crippen molar-refractivity contribution < 1.29 is 9.53 Å². The summed E-state index contributed by atoms with van der Waals surface area (Å²) < 4.78 is 4.88. The molecular formula is C12H24ClNO2. The van der Waals surface area contributed by atoms with Crippen molar-refractivity contribution in [3.8, 4) is 0 Å². The third kappa shape index (κ3) is 5.71. The first-order valence-electron chi connectivity index (χ1n) is 6.16. The van der Waals surface area contributed by atoms with Crippen molar-refractivity contribution >= 4 is 18.4 Å². The van der Waals surface area contributed by atoms with Crippen LogP contribution in [0, 0.1) is 5.92 Å². The van der Waals surface area contributed by atoms with E-state index in [0.717, 1.165) is 18.8 Å². The number of hydrogen-bond donors (Lipinski definition) is 1. The van der Waals surface area contributed by atoms with Gasteiger partial charge in [-0.25, -0.2) is 0 Å². The minimum absolute atomic E-state index is 0. The van der Waals surface area contributed by atoms with E-state index in [1.807, 2.05) is 6.92 Å². The van der Waals surface area contributed by atoms with E-state index in [1.165, 1.54) is 32.1 Å². The Bertz CT molecular complexity index is 193. The normalized spacial score (nSPS) is 18.6. The first-order valence-corrected chi connectivity index (χ1v) is 6.16. The Balaban J connectivity index is 0.00000225. The van der Waals surface area contributed by atoms with Crippen LogP contribution < -0.4 is 5.73 Å². The molecule has 1 atom stereocenters. The van der Waals surface area contributed by atoms with Gasteiger partial charge in [0.1, 0.15) is 6.04 Å². The van der Waals surface area contributed by atoms with Crippen LogP contribution in [-0.4, -0.2) is 18.6 Å². The van der Waals surface area contributed by atoms with Gasteiger partial charge in [-0.2, -0.15) is 0 Å². The smallest absolute Gasteiger partial charge is 0.322 e. The van der Waals surface area contributed by atoms with Crippen molar-refractivity contribution in [3.05, 3.63) is 0 Å². The highest BCUT2D eigenvalue weighted by Crippen LogP contribution is 2.27. The topological polar surface area (TPSA) is 52.3 Å². The van der Waals surface area contributed by atoms with E-state index in [1.54, 1.807) is 0 Å². The van der Waals surface area contributed by atoms with Crippen LogP contribution in [-0.2, 0) is 9.53 Å². The molecule has 0 aromatic carbocycles. The number of esters is 1. The standard InChI is InChI=1S/C12H23NO2.ClH/c1-2-15-12(14)11(13)9-8-10-6-4-3-5-7-10;/h10-11H,2-9,13H2,1H3;1H. The predicted molar refractivity (Wildman–Crippen MR) is 67.7 cm³/mol. The summed E-state index contributed by atoms with van der Waals surface area (Å²) in [6.07, 6.45) is 8.56. The second kappa shape index (κ2) is 8.82. The number of halogens is 1. The lowest BCUT2D eigenvalue weighted by Crippen LogP contribution is -2.32. The summed E-state index contributed by atoms with van der Waals surface area (Å²) in [5, 5.41) is 0. The second-order valence-electron chi connectivity index (χ2n) is 4.44. The first-order chi connectivity index (χ1) is 7.24. The van der Waals surface area contributed by atoms with Gasteiger partial charge in [0, 0.05) is 0 Å². The molecule has 1 rings (SSSR count). The largest absolute Gasteiger partial charge is 0.465 e. The molecular weight excluding hydrogens is 226 g/mol. The molecule has 0 aromatic rings. The number of carbonyl (C=O) groups is 1. The molecule has 0 aliphatic heterocycles. The molecule has 0 spiro atoms. The molecule has 1 unspecified atom stereocenters. The summed E-state index contributed by atoms with van der Waals surface area (Å²) in [7, 11) is 0. The van der Waals surface area contributed by atoms with Gasteiger partial charge in [0.2, 0.25) is 0 Å². The average Bonchev–Trinajstić information content (AvgIpc) is 2.27. The van der Waals surface area contributed by atoms with Crippen LogP contribution in [0.3, 0.4) is 0 Å². The molecule has 0 heterocycles. The third-order valence-corrected chi connectivity index (χ3v) is 3.20. The van der Waals surface area contributed by atoms with E-state index < -0.39 is 6.04 Å². The summed E-state index contributed by atoms with van der Waals surface area (Å²) in [5.74, 6) is 0.549. The van der Waals surface area contributed by atoms with Crippen LogP contribution in [0.5, 0.6) is 0 Å². The molecule has 16 heavy (non-hydrogen) atoms. The van der Waals surface area contributed by atoms with E-state index in [0.29, 0.717) is 6.61 Å². The molecule has 0 saturated heterocycles. The Morgan fingerprint density at radius 1 is 1.38 bits per heavy atom. The van der Waals surface area contributed by atoms with Crippen molar-refractivity contribution in [2.24, 2.45) is 11.7 Å². The van der Waals surface area contributed by atoms with E-state index in [9.17, 15) is 4.79 Å². The second-order valence-corrected chi connectivity index (χ2v) is 4.44. The van der Waals surface area contributed by atoms with Crippen LogP contribution in [0.2, 0.25) is 0 Å². The van der Waals surface area contributed by atoms with Gasteiger partial charge in [-0.3, -0.25) is 4.79 Å². The molecule has 1 saturated carbocycles. The predicted octanol–water partition coefficient (Wildman–Crippen LogP) is 2.66. The van der Waals surface area contributed by atoms with Gasteiger partial charge in [0.15, 0.2) is 0 Å². The highest BCUT2D eigenvalue weighted by atomic mass is 35.5. The van der Waals surface area contributed by atoms with Crippen molar-refractivity contribution in [3.63, 3.8) is 0 Å². The number of ether oxygens (including phenoxy) is 1. The third-order valence-electron chi connectivity index (χ3n) is 3.20. The lowest BCUT2D eigenvalue weighted by molar-refractivity contribution is -0.144. The molecule has 1 aliphatic carbocycles. The van der Waals surface area contributed by atoms with Gasteiger partial charge in [0.05, 0.1) is 6.61 Å². The summed E-state index contributed by atoms with van der Waals surface area (Å²) in [5.41, 5.74) is 5.75. The maximum atomic E-state index is 11.3.